The van der Waals surface area contributed by atoms with E-state index < -0.39 is 0 Å². The van der Waals surface area contributed by atoms with Gasteiger partial charge in [0.25, 0.3) is 0 Å². The summed E-state index contributed by atoms with van der Waals surface area (Å²) in [6, 6.07) is 0. The molecule has 1 rings (SSSR count). The van der Waals surface area contributed by atoms with Crippen LogP contribution in [-0.4, -0.2) is 31.1 Å². The van der Waals surface area contributed by atoms with Gasteiger partial charge in [-0.25, -0.2) is 0 Å². The van der Waals surface area contributed by atoms with E-state index in [1.807, 2.05) is 0 Å². The highest BCUT2D eigenvalue weighted by molar-refractivity contribution is 7.74. The molecule has 0 bridgehead atoms. The van der Waals surface area contributed by atoms with Crippen molar-refractivity contribution in [3.8, 4) is 0 Å². The molecule has 0 unspecified atom stereocenters. The normalized spacial score (nSPS) is 12.3. The standard InChI is InChI=1S/C17H30N2S2/c1-6-11-19(7-2)12-9-8-10-18-14-13(17(3,4)5)15(20)16(14)21/h18H,6-12H2,1-5H3. The Morgan fingerprint density at radius 2 is 1.67 bits per heavy atom. The molecule has 0 atom stereocenters. The monoisotopic (exact) mass is 326 g/mol. The van der Waals surface area contributed by atoms with Crippen LogP contribution in [0, 0.1) is 9.02 Å². The van der Waals surface area contributed by atoms with Crippen molar-refractivity contribution in [1.82, 2.24) is 4.90 Å². The van der Waals surface area contributed by atoms with Gasteiger partial charge in [-0.05, 0) is 44.3 Å². The van der Waals surface area contributed by atoms with Gasteiger partial charge in [0, 0.05) is 12.1 Å². The van der Waals surface area contributed by atoms with Gasteiger partial charge in [-0.3, -0.25) is 0 Å². The first-order valence-electron chi connectivity index (χ1n) is 8.12. The van der Waals surface area contributed by atoms with Crippen molar-refractivity contribution in [2.45, 2.75) is 59.3 Å². The Hall–Kier alpha value is -0.320. The molecule has 0 aliphatic rings. The van der Waals surface area contributed by atoms with Gasteiger partial charge < -0.3 is 10.2 Å². The molecule has 0 amide bonds. The van der Waals surface area contributed by atoms with E-state index in [2.05, 4.69) is 44.8 Å². The molecule has 0 fully saturated rings. The van der Waals surface area contributed by atoms with Crippen molar-refractivity contribution in [2.75, 3.05) is 31.5 Å². The minimum atomic E-state index is 0.0852. The first kappa shape index (κ1) is 18.7. The molecule has 4 heteroatoms. The lowest BCUT2D eigenvalue weighted by atomic mass is 9.83. The third kappa shape index (κ3) is 5.11. The summed E-state index contributed by atoms with van der Waals surface area (Å²) in [5.41, 5.74) is 2.45. The van der Waals surface area contributed by atoms with Crippen LogP contribution in [0.3, 0.4) is 0 Å². The van der Waals surface area contributed by atoms with Crippen LogP contribution in [0.15, 0.2) is 0 Å². The molecule has 1 N–H and O–H groups in total. The largest absolute Gasteiger partial charge is 0.384 e. The molecular formula is C17H30N2S2. The second-order valence-electron chi connectivity index (χ2n) is 6.73. The quantitative estimate of drug-likeness (QED) is 0.492. The molecule has 1 aromatic rings. The molecular weight excluding hydrogens is 296 g/mol. The number of nitrogens with one attached hydrogen (secondary N) is 1. The number of hydrogen-bond donors (Lipinski definition) is 1. The molecule has 21 heavy (non-hydrogen) atoms. The van der Waals surface area contributed by atoms with Gasteiger partial charge in [0.15, 0.2) is 0 Å². The van der Waals surface area contributed by atoms with E-state index >= 15 is 0 Å². The van der Waals surface area contributed by atoms with Crippen LogP contribution in [0.2, 0.25) is 0 Å². The molecule has 0 heterocycles. The number of nitrogens with zero attached hydrogens (tertiary/aromatic N) is 1. The first-order chi connectivity index (χ1) is 9.82. The van der Waals surface area contributed by atoms with Gasteiger partial charge in [0.1, 0.15) is 0 Å². The predicted molar refractivity (Wildman–Crippen MR) is 99.3 cm³/mol. The Morgan fingerprint density at radius 3 is 2.19 bits per heavy atom. The number of unbranched alkanes of at least 4 members (excludes halogenated alkanes) is 1. The molecule has 0 aliphatic heterocycles. The minimum absolute atomic E-state index is 0.0852. The lowest BCUT2D eigenvalue weighted by Gasteiger charge is -2.27. The van der Waals surface area contributed by atoms with E-state index in [4.69, 9.17) is 24.4 Å². The fourth-order valence-corrected chi connectivity index (χ4v) is 3.48. The van der Waals surface area contributed by atoms with Crippen molar-refractivity contribution in [3.05, 3.63) is 14.6 Å². The van der Waals surface area contributed by atoms with Crippen LogP contribution >= 0.6 is 24.4 Å². The maximum absolute atomic E-state index is 5.39. The van der Waals surface area contributed by atoms with Gasteiger partial charge in [0.2, 0.25) is 0 Å². The average molecular weight is 327 g/mol. The van der Waals surface area contributed by atoms with Crippen LogP contribution in [0.1, 0.15) is 59.4 Å². The van der Waals surface area contributed by atoms with Crippen molar-refractivity contribution in [1.29, 1.82) is 0 Å². The van der Waals surface area contributed by atoms with Crippen LogP contribution in [-0.2, 0) is 5.41 Å². The smallest absolute Gasteiger partial charge is 0.0796 e. The highest BCUT2D eigenvalue weighted by Gasteiger charge is 2.25. The summed E-state index contributed by atoms with van der Waals surface area (Å²) in [6.07, 6.45) is 3.65. The highest BCUT2D eigenvalue weighted by Crippen LogP contribution is 2.36. The van der Waals surface area contributed by atoms with Crippen molar-refractivity contribution >= 4 is 30.1 Å². The van der Waals surface area contributed by atoms with Crippen LogP contribution in [0.5, 0.6) is 0 Å². The van der Waals surface area contributed by atoms with E-state index in [1.54, 1.807) is 0 Å². The van der Waals surface area contributed by atoms with Crippen molar-refractivity contribution < 1.29 is 0 Å². The third-order valence-corrected chi connectivity index (χ3v) is 4.80. The van der Waals surface area contributed by atoms with Crippen molar-refractivity contribution in [3.63, 3.8) is 0 Å². The lowest BCUT2D eigenvalue weighted by molar-refractivity contribution is 0.283. The molecule has 2 nitrogen and oxygen atoms in total. The lowest BCUT2D eigenvalue weighted by Crippen LogP contribution is -2.25. The summed E-state index contributed by atoms with van der Waals surface area (Å²) in [7, 11) is 0. The molecule has 0 spiro atoms. The summed E-state index contributed by atoms with van der Waals surface area (Å²) in [4.78, 5) is 2.52. The SMILES string of the molecule is CCCN(CC)CCCCNc1c(C(C)(C)C)c(=S)c1=S. The topological polar surface area (TPSA) is 15.3 Å². The van der Waals surface area contributed by atoms with Gasteiger partial charge >= 0.3 is 0 Å². The predicted octanol–water partition coefficient (Wildman–Crippen LogP) is 5.24. The Labute approximate surface area is 140 Å². The molecule has 0 aliphatic carbocycles. The maximum Gasteiger partial charge on any atom is 0.0796 e. The molecule has 0 aromatic heterocycles. The Balaban J connectivity index is 2.39. The van der Waals surface area contributed by atoms with E-state index in [1.165, 1.54) is 37.9 Å². The second kappa shape index (κ2) is 8.35. The summed E-state index contributed by atoms with van der Waals surface area (Å²) in [5.74, 6) is 0. The van der Waals surface area contributed by atoms with E-state index in [0.29, 0.717) is 0 Å². The Kier molecular flexibility index (Phi) is 7.45. The second-order valence-corrected chi connectivity index (χ2v) is 7.54. The summed E-state index contributed by atoms with van der Waals surface area (Å²) >= 11 is 10.8. The van der Waals surface area contributed by atoms with Crippen molar-refractivity contribution in [2.24, 2.45) is 0 Å². The zero-order valence-electron chi connectivity index (χ0n) is 14.2. The zero-order valence-corrected chi connectivity index (χ0v) is 15.8. The number of rotatable bonds is 9. The third-order valence-electron chi connectivity index (χ3n) is 3.85. The number of anilines is 1. The fourth-order valence-electron chi connectivity index (χ4n) is 2.69. The van der Waals surface area contributed by atoms with Crippen LogP contribution in [0.25, 0.3) is 0 Å². The minimum Gasteiger partial charge on any atom is -0.384 e. The van der Waals surface area contributed by atoms with Gasteiger partial charge in [0.05, 0.1) is 14.7 Å². The zero-order chi connectivity index (χ0) is 16.0. The fraction of sp³-hybridized carbons (Fsp3) is 0.765. The van der Waals surface area contributed by atoms with Gasteiger partial charge in [-0.15, -0.1) is 0 Å². The van der Waals surface area contributed by atoms with E-state index in [0.717, 1.165) is 27.8 Å². The summed E-state index contributed by atoms with van der Waals surface area (Å²) in [5, 5.41) is 3.51. The average Bonchev–Trinajstić information content (AvgIpc) is 2.42. The van der Waals surface area contributed by atoms with E-state index in [9.17, 15) is 0 Å². The van der Waals surface area contributed by atoms with Crippen LogP contribution < -0.4 is 5.32 Å². The summed E-state index contributed by atoms with van der Waals surface area (Å²) in [6.45, 7) is 15.6. The van der Waals surface area contributed by atoms with Crippen LogP contribution in [0.4, 0.5) is 5.69 Å². The molecule has 120 valence electrons. The number of hydrogen-bond acceptors (Lipinski definition) is 4. The summed E-state index contributed by atoms with van der Waals surface area (Å²) < 4.78 is 1.75. The highest BCUT2D eigenvalue weighted by atomic mass is 32.1. The molecule has 0 radical (unpaired) electrons. The molecule has 0 saturated heterocycles. The molecule has 1 aromatic carbocycles. The van der Waals surface area contributed by atoms with Gasteiger partial charge in [-0.1, -0.05) is 59.1 Å². The Morgan fingerprint density at radius 1 is 1.00 bits per heavy atom. The van der Waals surface area contributed by atoms with E-state index in [-0.39, 0.29) is 5.41 Å². The van der Waals surface area contributed by atoms with Gasteiger partial charge in [-0.2, -0.15) is 0 Å². The molecule has 0 saturated carbocycles. The maximum atomic E-state index is 5.39. The Bertz CT molecular complexity index is 507. The first-order valence-corrected chi connectivity index (χ1v) is 8.94.